The topological polar surface area (TPSA) is 26.0 Å². The molecule has 2 nitrogen and oxygen atoms in total. The fourth-order valence-electron chi connectivity index (χ4n) is 2.38. The first-order chi connectivity index (χ1) is 6.55. The van der Waals surface area contributed by atoms with Crippen LogP contribution in [0.5, 0.6) is 0 Å². The first-order valence-corrected chi connectivity index (χ1v) is 5.48. The molecule has 0 radical (unpaired) electrons. The second-order valence-electron chi connectivity index (χ2n) is 4.36. The van der Waals surface area contributed by atoms with Gasteiger partial charge in [0, 0.05) is 5.56 Å². The van der Waals surface area contributed by atoms with Crippen LogP contribution in [0.1, 0.15) is 57.1 Å². The summed E-state index contributed by atoms with van der Waals surface area (Å²) in [6.07, 6.45) is 3.55. The van der Waals surface area contributed by atoms with Gasteiger partial charge >= 0.3 is 0 Å². The van der Waals surface area contributed by atoms with E-state index < -0.39 is 0 Å². The maximum atomic E-state index is 5.24. The van der Waals surface area contributed by atoms with E-state index in [-0.39, 0.29) is 5.41 Å². The fraction of sp³-hybridized carbons (Fsp3) is 0.750. The zero-order valence-electron chi connectivity index (χ0n) is 9.98. The van der Waals surface area contributed by atoms with Crippen molar-refractivity contribution in [1.82, 2.24) is 5.16 Å². The maximum Gasteiger partial charge on any atom is 0.137 e. The van der Waals surface area contributed by atoms with E-state index in [1.54, 1.807) is 0 Å². The average molecular weight is 195 g/mol. The molecule has 14 heavy (non-hydrogen) atoms. The summed E-state index contributed by atoms with van der Waals surface area (Å²) in [5.74, 6) is 0.986. The number of hydrogen-bond donors (Lipinski definition) is 0. The van der Waals surface area contributed by atoms with Gasteiger partial charge in [-0.25, -0.2) is 0 Å². The molecule has 0 aliphatic carbocycles. The molecule has 0 fully saturated rings. The summed E-state index contributed by atoms with van der Waals surface area (Å²) >= 11 is 0. The van der Waals surface area contributed by atoms with Crippen LogP contribution < -0.4 is 0 Å². The van der Waals surface area contributed by atoms with Crippen molar-refractivity contribution in [3.8, 4) is 0 Å². The van der Waals surface area contributed by atoms with E-state index in [0.717, 1.165) is 17.9 Å². The quantitative estimate of drug-likeness (QED) is 0.731. The highest BCUT2D eigenvalue weighted by molar-refractivity contribution is 5.30. The highest BCUT2D eigenvalue weighted by Gasteiger charge is 2.29. The second kappa shape index (κ2) is 4.16. The summed E-state index contributed by atoms with van der Waals surface area (Å²) in [4.78, 5) is 0. The van der Waals surface area contributed by atoms with Gasteiger partial charge in [-0.15, -0.1) is 0 Å². The van der Waals surface area contributed by atoms with Crippen molar-refractivity contribution >= 4 is 0 Å². The number of aromatic nitrogens is 1. The number of aryl methyl sites for hydroxylation is 2. The van der Waals surface area contributed by atoms with E-state index in [4.69, 9.17) is 4.52 Å². The van der Waals surface area contributed by atoms with Crippen molar-refractivity contribution < 1.29 is 4.52 Å². The molecular formula is C12H21NO. The van der Waals surface area contributed by atoms with Gasteiger partial charge < -0.3 is 4.52 Å². The van der Waals surface area contributed by atoms with Crippen LogP contribution in [0.2, 0.25) is 0 Å². The monoisotopic (exact) mass is 195 g/mol. The SMILES string of the molecule is CCCC(C)(CC)c1c(C)noc1C. The lowest BCUT2D eigenvalue weighted by Crippen LogP contribution is -2.22. The van der Waals surface area contributed by atoms with E-state index in [2.05, 4.69) is 25.9 Å². The van der Waals surface area contributed by atoms with Gasteiger partial charge in [-0.05, 0) is 32.1 Å². The molecule has 1 atom stereocenters. The Morgan fingerprint density at radius 2 is 1.93 bits per heavy atom. The molecule has 1 rings (SSSR count). The molecular weight excluding hydrogens is 174 g/mol. The Morgan fingerprint density at radius 1 is 1.29 bits per heavy atom. The van der Waals surface area contributed by atoms with E-state index in [0.29, 0.717) is 0 Å². The number of nitrogens with zero attached hydrogens (tertiary/aromatic N) is 1. The van der Waals surface area contributed by atoms with Crippen LogP contribution in [-0.2, 0) is 5.41 Å². The standard InChI is InChI=1S/C12H21NO/c1-6-8-12(5,7-2)11-9(3)13-14-10(11)4/h6-8H2,1-5H3. The van der Waals surface area contributed by atoms with E-state index in [9.17, 15) is 0 Å². The summed E-state index contributed by atoms with van der Waals surface area (Å²) in [5.41, 5.74) is 2.62. The second-order valence-corrected chi connectivity index (χ2v) is 4.36. The summed E-state index contributed by atoms with van der Waals surface area (Å²) in [7, 11) is 0. The Morgan fingerprint density at radius 3 is 2.29 bits per heavy atom. The minimum Gasteiger partial charge on any atom is -0.361 e. The molecule has 0 aliphatic heterocycles. The summed E-state index contributed by atoms with van der Waals surface area (Å²) in [6.45, 7) is 10.8. The molecule has 1 heterocycles. The van der Waals surface area contributed by atoms with Crippen molar-refractivity contribution in [1.29, 1.82) is 0 Å². The van der Waals surface area contributed by atoms with Crippen LogP contribution in [0.15, 0.2) is 4.52 Å². The molecule has 1 aromatic heterocycles. The van der Waals surface area contributed by atoms with Crippen LogP contribution in [0.3, 0.4) is 0 Å². The molecule has 80 valence electrons. The van der Waals surface area contributed by atoms with Crippen molar-refractivity contribution in [2.75, 3.05) is 0 Å². The van der Waals surface area contributed by atoms with Gasteiger partial charge in [0.25, 0.3) is 0 Å². The zero-order chi connectivity index (χ0) is 10.8. The first-order valence-electron chi connectivity index (χ1n) is 5.48. The highest BCUT2D eigenvalue weighted by atomic mass is 16.5. The number of rotatable bonds is 4. The molecule has 0 saturated carbocycles. The normalized spacial score (nSPS) is 15.5. The van der Waals surface area contributed by atoms with Gasteiger partial charge in [0.15, 0.2) is 0 Å². The largest absolute Gasteiger partial charge is 0.361 e. The summed E-state index contributed by atoms with van der Waals surface area (Å²) in [5, 5.41) is 4.04. The maximum absolute atomic E-state index is 5.24. The average Bonchev–Trinajstić information content (AvgIpc) is 2.47. The number of hydrogen-bond acceptors (Lipinski definition) is 2. The molecule has 0 bridgehead atoms. The Labute approximate surface area is 86.7 Å². The van der Waals surface area contributed by atoms with E-state index >= 15 is 0 Å². The van der Waals surface area contributed by atoms with Crippen molar-refractivity contribution in [3.05, 3.63) is 17.0 Å². The van der Waals surface area contributed by atoms with Gasteiger partial charge in [0.05, 0.1) is 5.69 Å². The van der Waals surface area contributed by atoms with Crippen LogP contribution in [-0.4, -0.2) is 5.16 Å². The van der Waals surface area contributed by atoms with Gasteiger partial charge in [-0.3, -0.25) is 0 Å². The van der Waals surface area contributed by atoms with Gasteiger partial charge in [-0.2, -0.15) is 0 Å². The fourth-order valence-corrected chi connectivity index (χ4v) is 2.38. The summed E-state index contributed by atoms with van der Waals surface area (Å²) in [6, 6.07) is 0. The third-order valence-electron chi connectivity index (χ3n) is 3.22. The van der Waals surface area contributed by atoms with Gasteiger partial charge in [0.1, 0.15) is 5.76 Å². The predicted molar refractivity (Wildman–Crippen MR) is 58.5 cm³/mol. The highest BCUT2D eigenvalue weighted by Crippen LogP contribution is 2.36. The van der Waals surface area contributed by atoms with Crippen LogP contribution in [0.25, 0.3) is 0 Å². The lowest BCUT2D eigenvalue weighted by Gasteiger charge is -2.27. The molecule has 0 saturated heterocycles. The minimum absolute atomic E-state index is 0.239. The van der Waals surface area contributed by atoms with Crippen molar-refractivity contribution in [3.63, 3.8) is 0 Å². The molecule has 1 unspecified atom stereocenters. The van der Waals surface area contributed by atoms with Gasteiger partial charge in [-0.1, -0.05) is 32.3 Å². The smallest absolute Gasteiger partial charge is 0.137 e. The molecule has 0 aromatic carbocycles. The van der Waals surface area contributed by atoms with Crippen molar-refractivity contribution in [2.45, 2.75) is 59.3 Å². The first kappa shape index (κ1) is 11.3. The van der Waals surface area contributed by atoms with Crippen LogP contribution in [0.4, 0.5) is 0 Å². The molecule has 1 aromatic rings. The zero-order valence-corrected chi connectivity index (χ0v) is 9.98. The van der Waals surface area contributed by atoms with E-state index in [1.165, 1.54) is 18.4 Å². The lowest BCUT2D eigenvalue weighted by atomic mass is 9.75. The molecule has 0 spiro atoms. The van der Waals surface area contributed by atoms with Crippen LogP contribution >= 0.6 is 0 Å². The van der Waals surface area contributed by atoms with E-state index in [1.807, 2.05) is 13.8 Å². The molecule has 0 amide bonds. The molecule has 2 heteroatoms. The minimum atomic E-state index is 0.239. The Hall–Kier alpha value is -0.790. The Kier molecular flexibility index (Phi) is 3.35. The predicted octanol–water partition coefficient (Wildman–Crippen LogP) is 3.76. The lowest BCUT2D eigenvalue weighted by molar-refractivity contribution is 0.376. The van der Waals surface area contributed by atoms with Crippen LogP contribution in [0, 0.1) is 13.8 Å². The molecule has 0 N–H and O–H groups in total. The Bertz CT molecular complexity index is 284. The Balaban J connectivity index is 3.11. The van der Waals surface area contributed by atoms with Gasteiger partial charge in [0.2, 0.25) is 0 Å². The van der Waals surface area contributed by atoms with Crippen molar-refractivity contribution in [2.24, 2.45) is 0 Å². The summed E-state index contributed by atoms with van der Waals surface area (Å²) < 4.78 is 5.24. The third kappa shape index (κ3) is 1.84. The third-order valence-corrected chi connectivity index (χ3v) is 3.22. The molecule has 0 aliphatic rings.